The molecule has 4 nitrogen and oxygen atoms in total. The highest BCUT2D eigenvalue weighted by Crippen LogP contribution is 2.48. The van der Waals surface area contributed by atoms with Crippen LogP contribution in [0.2, 0.25) is 0 Å². The molecule has 1 aliphatic heterocycles. The average molecular weight is 575 g/mol. The zero-order valence-electron chi connectivity index (χ0n) is 25.0. The van der Waals surface area contributed by atoms with Crippen LogP contribution >= 0.6 is 0 Å². The van der Waals surface area contributed by atoms with E-state index in [0.29, 0.717) is 5.46 Å². The van der Waals surface area contributed by atoms with Crippen molar-refractivity contribution in [1.82, 2.24) is 4.57 Å². The summed E-state index contributed by atoms with van der Waals surface area (Å²) >= 11 is 0. The third-order valence-corrected chi connectivity index (χ3v) is 8.70. The summed E-state index contributed by atoms with van der Waals surface area (Å²) in [6.07, 6.45) is 18.7. The van der Waals surface area contributed by atoms with Gasteiger partial charge in [-0.25, -0.2) is 0 Å². The van der Waals surface area contributed by atoms with Crippen molar-refractivity contribution in [2.45, 2.75) is 32.2 Å². The first-order chi connectivity index (χ1) is 21.7. The Morgan fingerprint density at radius 1 is 0.727 bits per heavy atom. The number of fused-ring (bicyclic) bond motifs is 6. The average Bonchev–Trinajstić information content (AvgIpc) is 3.46. The summed E-state index contributed by atoms with van der Waals surface area (Å²) in [5.41, 5.74) is 10.7. The van der Waals surface area contributed by atoms with Crippen molar-refractivity contribution < 1.29 is 10.0 Å². The van der Waals surface area contributed by atoms with Crippen LogP contribution in [0, 0.1) is 0 Å². The first kappa shape index (κ1) is 28.0. The van der Waals surface area contributed by atoms with Gasteiger partial charge in [-0.3, -0.25) is 0 Å². The number of allylic oxidation sites excluding steroid dienone is 4. The normalized spacial score (nSPS) is 17.5. The summed E-state index contributed by atoms with van der Waals surface area (Å²) in [5.74, 6) is 0.280. The number of aromatic nitrogens is 1. The van der Waals surface area contributed by atoms with Crippen LogP contribution in [0.5, 0.6) is 0 Å². The Kier molecular flexibility index (Phi) is 7.43. The molecule has 2 heterocycles. The van der Waals surface area contributed by atoms with Crippen molar-refractivity contribution in [1.29, 1.82) is 0 Å². The van der Waals surface area contributed by atoms with Crippen molar-refractivity contribution >= 4 is 47.0 Å². The van der Waals surface area contributed by atoms with E-state index in [-0.39, 0.29) is 12.0 Å². The molecule has 0 saturated carbocycles. The van der Waals surface area contributed by atoms with Gasteiger partial charge in [0.05, 0.1) is 17.3 Å². The van der Waals surface area contributed by atoms with Crippen molar-refractivity contribution in [3.8, 4) is 16.8 Å². The van der Waals surface area contributed by atoms with E-state index in [1.54, 1.807) is 6.07 Å². The van der Waals surface area contributed by atoms with E-state index >= 15 is 0 Å². The summed E-state index contributed by atoms with van der Waals surface area (Å²) in [6, 6.07) is 31.8. The van der Waals surface area contributed by atoms with Gasteiger partial charge in [0.25, 0.3) is 0 Å². The molecular weight excluding hydrogens is 539 g/mol. The fraction of sp³-hybridized carbons (Fsp3) is 0.128. The lowest BCUT2D eigenvalue weighted by atomic mass is 9.79. The van der Waals surface area contributed by atoms with E-state index in [4.69, 9.17) is 0 Å². The van der Waals surface area contributed by atoms with Gasteiger partial charge in [0.1, 0.15) is 0 Å². The van der Waals surface area contributed by atoms with Gasteiger partial charge in [-0.15, -0.1) is 0 Å². The molecule has 0 amide bonds. The standard InChI is InChI=1S/C37H29BN2O2.C2H6/c41-38(42)27-12-10-11-25(21-27)26-22-28(39-34-17-3-1-2-13-30(34)31-14-4-7-18-35(31)39)24-29(23-26)40-36-19-8-5-15-32(36)33-16-6-9-20-37(33)40;1-2/h2-24,32,36,41-42H,1H2;1-2H3. The Bertz CT molecular complexity index is 1980. The second-order valence-corrected chi connectivity index (χ2v) is 11.1. The fourth-order valence-electron chi connectivity index (χ4n) is 6.85. The molecule has 5 heteroatoms. The molecule has 0 fully saturated rings. The van der Waals surface area contributed by atoms with Gasteiger partial charge in [-0.2, -0.15) is 0 Å². The Hall–Kier alpha value is -4.84. The van der Waals surface area contributed by atoms with Crippen molar-refractivity contribution in [2.24, 2.45) is 0 Å². The molecule has 4 aromatic carbocycles. The Labute approximate surface area is 259 Å². The van der Waals surface area contributed by atoms with Gasteiger partial charge in [-0.05, 0) is 65.0 Å². The van der Waals surface area contributed by atoms with E-state index < -0.39 is 7.12 Å². The van der Waals surface area contributed by atoms with Gasteiger partial charge in [0.2, 0.25) is 0 Å². The fourth-order valence-corrected chi connectivity index (χ4v) is 6.85. The number of para-hydroxylation sites is 2. The highest BCUT2D eigenvalue weighted by atomic mass is 16.4. The maximum absolute atomic E-state index is 9.96. The smallest absolute Gasteiger partial charge is 0.423 e. The second-order valence-electron chi connectivity index (χ2n) is 11.1. The third-order valence-electron chi connectivity index (χ3n) is 8.70. The lowest BCUT2D eigenvalue weighted by molar-refractivity contribution is 0.426. The molecule has 2 N–H and O–H groups in total. The molecule has 216 valence electrons. The maximum atomic E-state index is 9.96. The van der Waals surface area contributed by atoms with Gasteiger partial charge in [0, 0.05) is 33.9 Å². The minimum absolute atomic E-state index is 0.169. The number of anilines is 2. The van der Waals surface area contributed by atoms with E-state index in [2.05, 4.69) is 125 Å². The second kappa shape index (κ2) is 11.7. The summed E-state index contributed by atoms with van der Waals surface area (Å²) < 4.78 is 2.37. The first-order valence-electron chi connectivity index (χ1n) is 15.5. The molecule has 2 unspecified atom stereocenters. The van der Waals surface area contributed by atoms with E-state index in [9.17, 15) is 10.0 Å². The molecule has 2 atom stereocenters. The summed E-state index contributed by atoms with van der Waals surface area (Å²) in [5, 5.41) is 21.1. The van der Waals surface area contributed by atoms with Crippen LogP contribution in [0.4, 0.5) is 11.4 Å². The van der Waals surface area contributed by atoms with E-state index in [0.717, 1.165) is 40.1 Å². The molecule has 0 radical (unpaired) electrons. The van der Waals surface area contributed by atoms with Crippen LogP contribution in [0.15, 0.2) is 127 Å². The molecule has 0 spiro atoms. The quantitative estimate of drug-likeness (QED) is 0.213. The zero-order chi connectivity index (χ0) is 30.2. The molecule has 0 saturated heterocycles. The van der Waals surface area contributed by atoms with Crippen LogP contribution < -0.4 is 10.4 Å². The molecule has 5 aromatic rings. The van der Waals surface area contributed by atoms with Gasteiger partial charge in [-0.1, -0.05) is 117 Å². The molecule has 3 aliphatic rings. The maximum Gasteiger partial charge on any atom is 0.488 e. The van der Waals surface area contributed by atoms with Crippen LogP contribution in [-0.2, 0) is 0 Å². The monoisotopic (exact) mass is 574 g/mol. The lowest BCUT2D eigenvalue weighted by Gasteiger charge is -2.30. The molecule has 1 aromatic heterocycles. The molecule has 8 rings (SSSR count). The highest BCUT2D eigenvalue weighted by Gasteiger charge is 2.37. The topological polar surface area (TPSA) is 48.6 Å². The first-order valence-corrected chi connectivity index (χ1v) is 15.5. The summed E-state index contributed by atoms with van der Waals surface area (Å²) in [6.45, 7) is 4.00. The molecule has 2 aliphatic carbocycles. The highest BCUT2D eigenvalue weighted by molar-refractivity contribution is 6.58. The van der Waals surface area contributed by atoms with Gasteiger partial charge < -0.3 is 19.5 Å². The zero-order valence-corrected chi connectivity index (χ0v) is 25.0. The molecular formula is C39H35BN2O2. The van der Waals surface area contributed by atoms with E-state index in [1.807, 2.05) is 32.0 Å². The Morgan fingerprint density at radius 2 is 1.50 bits per heavy atom. The summed E-state index contributed by atoms with van der Waals surface area (Å²) in [4.78, 5) is 2.46. The molecule has 44 heavy (non-hydrogen) atoms. The van der Waals surface area contributed by atoms with Crippen LogP contribution in [0.25, 0.3) is 39.9 Å². The Morgan fingerprint density at radius 3 is 2.39 bits per heavy atom. The van der Waals surface area contributed by atoms with Gasteiger partial charge >= 0.3 is 7.12 Å². The van der Waals surface area contributed by atoms with Crippen LogP contribution in [-0.4, -0.2) is 27.8 Å². The minimum Gasteiger partial charge on any atom is -0.423 e. The van der Waals surface area contributed by atoms with Gasteiger partial charge in [0.15, 0.2) is 0 Å². The van der Waals surface area contributed by atoms with Crippen LogP contribution in [0.1, 0.15) is 43.0 Å². The Balaban J connectivity index is 0.00000153. The number of hydrogen-bond donors (Lipinski definition) is 2. The van der Waals surface area contributed by atoms with Crippen molar-refractivity contribution in [3.05, 3.63) is 144 Å². The predicted octanol–water partition coefficient (Wildman–Crippen LogP) is 8.16. The lowest BCUT2D eigenvalue weighted by Crippen LogP contribution is -2.29. The number of hydrogen-bond acceptors (Lipinski definition) is 3. The number of rotatable bonds is 4. The SMILES string of the molecule is CC.OB(O)c1cccc(-c2cc(N3c4ccccc4C4C=CC=CC43)cc(-n3c4c(c5ccccc53)C=CCC=C4)c2)c1. The van der Waals surface area contributed by atoms with Crippen molar-refractivity contribution in [3.63, 3.8) is 0 Å². The third kappa shape index (κ3) is 4.66. The van der Waals surface area contributed by atoms with E-state index in [1.165, 1.54) is 22.2 Å². The van der Waals surface area contributed by atoms with Crippen LogP contribution in [0.3, 0.4) is 0 Å². The van der Waals surface area contributed by atoms with Crippen molar-refractivity contribution in [2.75, 3.05) is 4.90 Å². The largest absolute Gasteiger partial charge is 0.488 e. The summed E-state index contributed by atoms with van der Waals surface area (Å²) in [7, 11) is -1.53. The minimum atomic E-state index is -1.53. The molecule has 0 bridgehead atoms. The predicted molar refractivity (Wildman–Crippen MR) is 186 cm³/mol. The number of nitrogens with zero attached hydrogens (tertiary/aromatic N) is 2. The number of benzene rings is 4.